The van der Waals surface area contributed by atoms with Crippen molar-refractivity contribution in [3.8, 4) is 17.2 Å². The maximum atomic E-state index is 5.68. The van der Waals surface area contributed by atoms with Crippen LogP contribution in [0.3, 0.4) is 0 Å². The van der Waals surface area contributed by atoms with E-state index >= 15 is 0 Å². The molecule has 2 rings (SSSR count). The zero-order valence-electron chi connectivity index (χ0n) is 8.46. The third-order valence-electron chi connectivity index (χ3n) is 1.97. The van der Waals surface area contributed by atoms with E-state index in [2.05, 4.69) is 0 Å². The second kappa shape index (κ2) is 2.70. The van der Waals surface area contributed by atoms with Crippen molar-refractivity contribution in [2.45, 2.75) is 19.6 Å². The van der Waals surface area contributed by atoms with Gasteiger partial charge in [0, 0.05) is 31.7 Å². The lowest BCUT2D eigenvalue weighted by molar-refractivity contribution is -0.0439. The lowest BCUT2D eigenvalue weighted by Crippen LogP contribution is -2.29. The van der Waals surface area contributed by atoms with Crippen LogP contribution in [0.4, 0.5) is 5.69 Å². The highest BCUT2D eigenvalue weighted by molar-refractivity contribution is 5.62. The Morgan fingerprint density at radius 2 is 2.00 bits per heavy atom. The van der Waals surface area contributed by atoms with Gasteiger partial charge in [-0.1, -0.05) is 0 Å². The van der Waals surface area contributed by atoms with E-state index in [4.69, 9.17) is 19.9 Å². The molecule has 0 bridgehead atoms. The van der Waals surface area contributed by atoms with Crippen LogP contribution in [-0.2, 0) is 0 Å². The van der Waals surface area contributed by atoms with Gasteiger partial charge in [0.05, 0.1) is 7.11 Å². The average Bonchev–Trinajstić information content (AvgIpc) is 2.37. The zero-order chi connectivity index (χ0) is 10.3. The molecule has 76 valence electrons. The number of methoxy groups -OCH3 is 1. The van der Waals surface area contributed by atoms with Gasteiger partial charge in [0.25, 0.3) is 0 Å². The van der Waals surface area contributed by atoms with Gasteiger partial charge in [-0.05, 0) is 0 Å². The summed E-state index contributed by atoms with van der Waals surface area (Å²) in [5.74, 6) is 1.20. The normalized spacial score (nSPS) is 16.8. The van der Waals surface area contributed by atoms with Crippen LogP contribution < -0.4 is 19.9 Å². The van der Waals surface area contributed by atoms with Crippen LogP contribution in [-0.4, -0.2) is 12.9 Å². The SMILES string of the molecule is COc1cc(N)cc2c1OC(C)(C)O2. The van der Waals surface area contributed by atoms with Gasteiger partial charge in [0.15, 0.2) is 11.5 Å². The highest BCUT2D eigenvalue weighted by Crippen LogP contribution is 2.47. The maximum absolute atomic E-state index is 5.68. The first-order valence-electron chi connectivity index (χ1n) is 4.37. The molecule has 0 spiro atoms. The highest BCUT2D eigenvalue weighted by atomic mass is 16.7. The van der Waals surface area contributed by atoms with Gasteiger partial charge >= 0.3 is 0 Å². The Morgan fingerprint density at radius 3 is 2.64 bits per heavy atom. The maximum Gasteiger partial charge on any atom is 0.246 e. The molecule has 1 heterocycles. The molecule has 0 aliphatic carbocycles. The molecule has 4 nitrogen and oxygen atoms in total. The molecule has 0 radical (unpaired) electrons. The molecule has 0 saturated carbocycles. The second-order valence-electron chi connectivity index (χ2n) is 3.65. The molecule has 0 fully saturated rings. The monoisotopic (exact) mass is 195 g/mol. The fraction of sp³-hybridized carbons (Fsp3) is 0.400. The number of rotatable bonds is 1. The van der Waals surface area contributed by atoms with Crippen molar-refractivity contribution < 1.29 is 14.2 Å². The first-order chi connectivity index (χ1) is 6.52. The van der Waals surface area contributed by atoms with Gasteiger partial charge in [0.2, 0.25) is 11.5 Å². The van der Waals surface area contributed by atoms with Crippen LogP contribution in [0.15, 0.2) is 12.1 Å². The summed E-state index contributed by atoms with van der Waals surface area (Å²) in [6.45, 7) is 3.67. The van der Waals surface area contributed by atoms with Crippen LogP contribution in [0.5, 0.6) is 17.2 Å². The Labute approximate surface area is 82.6 Å². The van der Waals surface area contributed by atoms with Gasteiger partial charge in [-0.25, -0.2) is 0 Å². The molecule has 1 aliphatic heterocycles. The van der Waals surface area contributed by atoms with E-state index in [0.717, 1.165) is 0 Å². The van der Waals surface area contributed by atoms with E-state index in [1.807, 2.05) is 13.8 Å². The quantitative estimate of drug-likeness (QED) is 0.694. The van der Waals surface area contributed by atoms with Gasteiger partial charge in [-0.15, -0.1) is 0 Å². The molecule has 0 saturated heterocycles. The van der Waals surface area contributed by atoms with Crippen molar-refractivity contribution in [1.82, 2.24) is 0 Å². The fourth-order valence-corrected chi connectivity index (χ4v) is 1.46. The van der Waals surface area contributed by atoms with Crippen molar-refractivity contribution in [3.63, 3.8) is 0 Å². The molecule has 0 atom stereocenters. The standard InChI is InChI=1S/C10H13NO3/c1-10(2)13-8-5-6(11)4-7(12-3)9(8)14-10/h4-5H,11H2,1-3H3. The minimum atomic E-state index is -0.649. The second-order valence-corrected chi connectivity index (χ2v) is 3.65. The Hall–Kier alpha value is -1.58. The Bertz CT molecular complexity index is 374. The molecule has 0 unspecified atom stereocenters. The van der Waals surface area contributed by atoms with Gasteiger partial charge < -0.3 is 19.9 Å². The van der Waals surface area contributed by atoms with E-state index in [-0.39, 0.29) is 0 Å². The third-order valence-corrected chi connectivity index (χ3v) is 1.97. The van der Waals surface area contributed by atoms with Gasteiger partial charge in [-0.2, -0.15) is 0 Å². The number of nitrogens with two attached hydrogens (primary N) is 1. The summed E-state index contributed by atoms with van der Waals surface area (Å²) in [6.07, 6.45) is 0. The molecule has 0 aromatic heterocycles. The number of fused-ring (bicyclic) bond motifs is 1. The number of hydrogen-bond acceptors (Lipinski definition) is 4. The molecule has 2 N–H and O–H groups in total. The van der Waals surface area contributed by atoms with Gasteiger partial charge in [-0.3, -0.25) is 0 Å². The van der Waals surface area contributed by atoms with E-state index in [1.165, 1.54) is 0 Å². The summed E-state index contributed by atoms with van der Waals surface area (Å²) in [4.78, 5) is 0. The minimum Gasteiger partial charge on any atom is -0.493 e. The van der Waals surface area contributed by atoms with Crippen molar-refractivity contribution in [3.05, 3.63) is 12.1 Å². The summed E-state index contributed by atoms with van der Waals surface area (Å²) >= 11 is 0. The number of anilines is 1. The van der Waals surface area contributed by atoms with E-state index in [0.29, 0.717) is 22.9 Å². The van der Waals surface area contributed by atoms with Crippen LogP contribution >= 0.6 is 0 Å². The molecule has 0 amide bonds. The lowest BCUT2D eigenvalue weighted by atomic mass is 10.2. The molecule has 1 aromatic carbocycles. The predicted octanol–water partition coefficient (Wildman–Crippen LogP) is 1.78. The molecule has 14 heavy (non-hydrogen) atoms. The van der Waals surface area contributed by atoms with Crippen molar-refractivity contribution in [2.75, 3.05) is 12.8 Å². The molecule has 4 heteroatoms. The summed E-state index contributed by atoms with van der Waals surface area (Å²) < 4.78 is 16.3. The fourth-order valence-electron chi connectivity index (χ4n) is 1.46. The topological polar surface area (TPSA) is 53.7 Å². The largest absolute Gasteiger partial charge is 0.493 e. The van der Waals surface area contributed by atoms with Crippen LogP contribution in [0.2, 0.25) is 0 Å². The average molecular weight is 195 g/mol. The van der Waals surface area contributed by atoms with E-state index < -0.39 is 5.79 Å². The number of hydrogen-bond donors (Lipinski definition) is 1. The van der Waals surface area contributed by atoms with Crippen LogP contribution in [0.25, 0.3) is 0 Å². The number of nitrogen functional groups attached to an aromatic ring is 1. The molecular formula is C10H13NO3. The Kier molecular flexibility index (Phi) is 1.74. The first-order valence-corrected chi connectivity index (χ1v) is 4.37. The summed E-state index contributed by atoms with van der Waals surface area (Å²) in [7, 11) is 1.57. The summed E-state index contributed by atoms with van der Waals surface area (Å²) in [5, 5.41) is 0. The molecular weight excluding hydrogens is 182 g/mol. The summed E-state index contributed by atoms with van der Waals surface area (Å²) in [5.41, 5.74) is 6.28. The molecule has 1 aliphatic rings. The zero-order valence-corrected chi connectivity index (χ0v) is 8.46. The third kappa shape index (κ3) is 1.32. The Balaban J connectivity index is 2.50. The van der Waals surface area contributed by atoms with Crippen molar-refractivity contribution in [1.29, 1.82) is 0 Å². The number of benzene rings is 1. The first kappa shape index (κ1) is 8.99. The lowest BCUT2D eigenvalue weighted by Gasteiger charge is -2.16. The van der Waals surface area contributed by atoms with E-state index in [1.54, 1.807) is 19.2 Å². The van der Waals surface area contributed by atoms with Crippen LogP contribution in [0.1, 0.15) is 13.8 Å². The van der Waals surface area contributed by atoms with Crippen molar-refractivity contribution in [2.24, 2.45) is 0 Å². The van der Waals surface area contributed by atoms with Gasteiger partial charge in [0.1, 0.15) is 0 Å². The minimum absolute atomic E-state index is 0.599. The smallest absolute Gasteiger partial charge is 0.246 e. The predicted molar refractivity (Wildman–Crippen MR) is 52.7 cm³/mol. The molecule has 1 aromatic rings. The van der Waals surface area contributed by atoms with Crippen LogP contribution in [0, 0.1) is 0 Å². The summed E-state index contributed by atoms with van der Waals surface area (Å²) in [6, 6.07) is 3.44. The van der Waals surface area contributed by atoms with Crippen molar-refractivity contribution >= 4 is 5.69 Å². The Morgan fingerprint density at radius 1 is 1.29 bits per heavy atom. The highest BCUT2D eigenvalue weighted by Gasteiger charge is 2.34. The van der Waals surface area contributed by atoms with E-state index in [9.17, 15) is 0 Å². The number of ether oxygens (including phenoxy) is 3.